The van der Waals surface area contributed by atoms with E-state index < -0.39 is 0 Å². The van der Waals surface area contributed by atoms with Gasteiger partial charge in [0.25, 0.3) is 0 Å². The number of hydrogen-bond donors (Lipinski definition) is 1. The maximum Gasteiger partial charge on any atom is 0.0610 e. The van der Waals surface area contributed by atoms with Crippen LogP contribution >= 0.6 is 0 Å². The Labute approximate surface area is 110 Å². The Morgan fingerprint density at radius 3 is 2.89 bits per heavy atom. The lowest BCUT2D eigenvalue weighted by atomic mass is 10.0. The van der Waals surface area contributed by atoms with Gasteiger partial charge in [-0.15, -0.1) is 0 Å². The lowest BCUT2D eigenvalue weighted by Gasteiger charge is -2.29. The van der Waals surface area contributed by atoms with E-state index in [1.165, 1.54) is 62.0 Å². The molecule has 0 spiro atoms. The van der Waals surface area contributed by atoms with Crippen molar-refractivity contribution in [1.29, 1.82) is 0 Å². The molecule has 0 aromatic heterocycles. The SMILES string of the molecule is CN(CC1CCCC1)c1cccc2c1NCCC2. The molecule has 0 atom stereocenters. The third-order valence-electron chi connectivity index (χ3n) is 4.47. The van der Waals surface area contributed by atoms with Crippen LogP contribution < -0.4 is 10.2 Å². The topological polar surface area (TPSA) is 15.3 Å². The van der Waals surface area contributed by atoms with Crippen LogP contribution in [0, 0.1) is 5.92 Å². The molecule has 1 aliphatic carbocycles. The second-order valence-electron chi connectivity index (χ2n) is 5.87. The fraction of sp³-hybridized carbons (Fsp3) is 0.625. The molecule has 2 heteroatoms. The van der Waals surface area contributed by atoms with E-state index in [9.17, 15) is 0 Å². The van der Waals surface area contributed by atoms with Gasteiger partial charge >= 0.3 is 0 Å². The molecule has 0 amide bonds. The van der Waals surface area contributed by atoms with Crippen LogP contribution in [0.25, 0.3) is 0 Å². The molecule has 2 nitrogen and oxygen atoms in total. The Balaban J connectivity index is 1.78. The van der Waals surface area contributed by atoms with Crippen molar-refractivity contribution in [2.45, 2.75) is 38.5 Å². The molecule has 1 aromatic rings. The number of rotatable bonds is 3. The maximum absolute atomic E-state index is 3.60. The van der Waals surface area contributed by atoms with E-state index in [-0.39, 0.29) is 0 Å². The highest BCUT2D eigenvalue weighted by Gasteiger charge is 2.20. The van der Waals surface area contributed by atoms with Crippen molar-refractivity contribution in [3.8, 4) is 0 Å². The Morgan fingerprint density at radius 2 is 2.06 bits per heavy atom. The molecule has 18 heavy (non-hydrogen) atoms. The minimum absolute atomic E-state index is 0.912. The largest absolute Gasteiger partial charge is 0.383 e. The van der Waals surface area contributed by atoms with Gasteiger partial charge in [0.2, 0.25) is 0 Å². The van der Waals surface area contributed by atoms with Crippen LogP contribution in [0.3, 0.4) is 0 Å². The summed E-state index contributed by atoms with van der Waals surface area (Å²) < 4.78 is 0. The van der Waals surface area contributed by atoms with Crippen molar-refractivity contribution in [3.05, 3.63) is 23.8 Å². The van der Waals surface area contributed by atoms with E-state index in [1.54, 1.807) is 0 Å². The number of nitrogens with one attached hydrogen (secondary N) is 1. The van der Waals surface area contributed by atoms with Gasteiger partial charge in [-0.1, -0.05) is 25.0 Å². The van der Waals surface area contributed by atoms with Gasteiger partial charge in [0.15, 0.2) is 0 Å². The summed E-state index contributed by atoms with van der Waals surface area (Å²) in [5.41, 5.74) is 4.29. The molecule has 1 fully saturated rings. The first-order valence-electron chi connectivity index (χ1n) is 7.41. The fourth-order valence-electron chi connectivity index (χ4n) is 3.49. The summed E-state index contributed by atoms with van der Waals surface area (Å²) in [6.45, 7) is 2.35. The Kier molecular flexibility index (Phi) is 3.44. The monoisotopic (exact) mass is 244 g/mol. The number of aryl methyl sites for hydroxylation is 1. The van der Waals surface area contributed by atoms with Crippen molar-refractivity contribution in [2.24, 2.45) is 5.92 Å². The molecule has 98 valence electrons. The zero-order valence-corrected chi connectivity index (χ0v) is 11.4. The Hall–Kier alpha value is -1.18. The van der Waals surface area contributed by atoms with Gasteiger partial charge in [-0.3, -0.25) is 0 Å². The average Bonchev–Trinajstić information content (AvgIpc) is 2.91. The molecule has 1 aliphatic heterocycles. The van der Waals surface area contributed by atoms with E-state index in [0.29, 0.717) is 0 Å². The lowest BCUT2D eigenvalue weighted by Crippen LogP contribution is -2.26. The van der Waals surface area contributed by atoms with Gasteiger partial charge in [-0.2, -0.15) is 0 Å². The van der Waals surface area contributed by atoms with Crippen LogP contribution in [0.15, 0.2) is 18.2 Å². The van der Waals surface area contributed by atoms with Crippen molar-refractivity contribution >= 4 is 11.4 Å². The predicted molar refractivity (Wildman–Crippen MR) is 78.5 cm³/mol. The zero-order valence-electron chi connectivity index (χ0n) is 11.4. The third kappa shape index (κ3) is 2.33. The van der Waals surface area contributed by atoms with E-state index in [1.807, 2.05) is 0 Å². The molecule has 1 saturated carbocycles. The highest BCUT2D eigenvalue weighted by molar-refractivity contribution is 5.74. The molecule has 1 aromatic carbocycles. The fourth-order valence-corrected chi connectivity index (χ4v) is 3.49. The third-order valence-corrected chi connectivity index (χ3v) is 4.47. The van der Waals surface area contributed by atoms with Gasteiger partial charge in [0.05, 0.1) is 11.4 Å². The van der Waals surface area contributed by atoms with Gasteiger partial charge in [0.1, 0.15) is 0 Å². The summed E-state index contributed by atoms with van der Waals surface area (Å²) in [5, 5.41) is 3.60. The highest BCUT2D eigenvalue weighted by atomic mass is 15.1. The summed E-state index contributed by atoms with van der Waals surface area (Å²) in [4.78, 5) is 2.47. The Bertz CT molecular complexity index is 408. The van der Waals surface area contributed by atoms with Crippen LogP contribution in [0.5, 0.6) is 0 Å². The molecule has 1 heterocycles. The second kappa shape index (κ2) is 5.21. The first kappa shape index (κ1) is 11.9. The van der Waals surface area contributed by atoms with Crippen LogP contribution in [0.4, 0.5) is 11.4 Å². The number of nitrogens with zero attached hydrogens (tertiary/aromatic N) is 1. The molecule has 0 radical (unpaired) electrons. The molecule has 0 bridgehead atoms. The van der Waals surface area contributed by atoms with Crippen LogP contribution in [0.2, 0.25) is 0 Å². The van der Waals surface area contributed by atoms with Gasteiger partial charge < -0.3 is 10.2 Å². The van der Waals surface area contributed by atoms with Gasteiger partial charge in [-0.25, -0.2) is 0 Å². The molecular weight excluding hydrogens is 220 g/mol. The van der Waals surface area contributed by atoms with Crippen molar-refractivity contribution in [3.63, 3.8) is 0 Å². The number of anilines is 2. The van der Waals surface area contributed by atoms with Crippen LogP contribution in [-0.2, 0) is 6.42 Å². The first-order chi connectivity index (χ1) is 8.84. The standard InChI is InChI=1S/C16H24N2/c1-18(12-13-6-2-3-7-13)15-10-4-8-14-9-5-11-17-16(14)15/h4,8,10,13,17H,2-3,5-7,9,11-12H2,1H3. The van der Waals surface area contributed by atoms with E-state index in [4.69, 9.17) is 0 Å². The van der Waals surface area contributed by atoms with Crippen LogP contribution in [-0.4, -0.2) is 20.1 Å². The summed E-state index contributed by atoms with van der Waals surface area (Å²) in [6, 6.07) is 6.76. The second-order valence-corrected chi connectivity index (χ2v) is 5.87. The predicted octanol–water partition coefficient (Wildman–Crippen LogP) is 3.67. The summed E-state index contributed by atoms with van der Waals surface area (Å²) in [6.07, 6.45) is 8.21. The first-order valence-corrected chi connectivity index (χ1v) is 7.41. The van der Waals surface area contributed by atoms with E-state index >= 15 is 0 Å². The number of fused-ring (bicyclic) bond motifs is 1. The van der Waals surface area contributed by atoms with E-state index in [0.717, 1.165) is 12.5 Å². The van der Waals surface area contributed by atoms with Gasteiger partial charge in [0, 0.05) is 20.1 Å². The van der Waals surface area contributed by atoms with Crippen molar-refractivity contribution in [2.75, 3.05) is 30.4 Å². The minimum Gasteiger partial charge on any atom is -0.383 e. The quantitative estimate of drug-likeness (QED) is 0.872. The number of para-hydroxylation sites is 1. The number of hydrogen-bond acceptors (Lipinski definition) is 2. The number of benzene rings is 1. The summed E-state index contributed by atoms with van der Waals surface area (Å²) in [5.74, 6) is 0.912. The maximum atomic E-state index is 3.60. The highest BCUT2D eigenvalue weighted by Crippen LogP contribution is 2.34. The Morgan fingerprint density at radius 1 is 1.22 bits per heavy atom. The minimum atomic E-state index is 0.912. The van der Waals surface area contributed by atoms with Gasteiger partial charge in [-0.05, 0) is 43.2 Å². The molecule has 0 saturated heterocycles. The summed E-state index contributed by atoms with van der Waals surface area (Å²) >= 11 is 0. The van der Waals surface area contributed by atoms with E-state index in [2.05, 4.69) is 35.5 Å². The summed E-state index contributed by atoms with van der Waals surface area (Å²) in [7, 11) is 2.25. The molecule has 0 unspecified atom stereocenters. The molecule has 1 N–H and O–H groups in total. The lowest BCUT2D eigenvalue weighted by molar-refractivity contribution is 0.547. The smallest absolute Gasteiger partial charge is 0.0610 e. The normalized spacial score (nSPS) is 19.4. The average molecular weight is 244 g/mol. The zero-order chi connectivity index (χ0) is 12.4. The molecule has 2 aliphatic rings. The van der Waals surface area contributed by atoms with Crippen LogP contribution in [0.1, 0.15) is 37.7 Å². The molecular formula is C16H24N2. The van der Waals surface area contributed by atoms with Crippen molar-refractivity contribution in [1.82, 2.24) is 0 Å². The molecule has 3 rings (SSSR count). The van der Waals surface area contributed by atoms with Crippen molar-refractivity contribution < 1.29 is 0 Å².